The predicted molar refractivity (Wildman–Crippen MR) is 300 cm³/mol. The first-order chi connectivity index (χ1) is 38.7. The van der Waals surface area contributed by atoms with Crippen LogP contribution < -0.4 is 27.4 Å². The molecule has 0 aliphatic heterocycles. The Labute approximate surface area is 458 Å². The van der Waals surface area contributed by atoms with Gasteiger partial charge in [0.1, 0.15) is 5.82 Å². The highest BCUT2D eigenvalue weighted by Crippen LogP contribution is 2.28. The lowest BCUT2D eigenvalue weighted by Gasteiger charge is -2.23. The quantitative estimate of drug-likeness (QED) is 0.0226. The zero-order valence-electron chi connectivity index (χ0n) is 42.9. The third-order valence-corrected chi connectivity index (χ3v) is 13.0. The van der Waals surface area contributed by atoms with Gasteiger partial charge in [-0.05, 0) is 103 Å². The largest absolute Gasteiger partial charge is 0.481 e. The minimum absolute atomic E-state index is 0.0642. The average molecular weight is 1060 g/mol. The summed E-state index contributed by atoms with van der Waals surface area (Å²) in [5.41, 5.74) is 15.7. The first-order valence-electron chi connectivity index (χ1n) is 24.8. The predicted octanol–water partition coefficient (Wildman–Crippen LogP) is 7.60. The highest BCUT2D eigenvalue weighted by molar-refractivity contribution is 6.08. The Bertz CT molecular complexity index is 3980. The van der Waals surface area contributed by atoms with Crippen LogP contribution in [0.2, 0.25) is 0 Å². The van der Waals surface area contributed by atoms with E-state index in [4.69, 9.17) is 20.9 Å². The van der Waals surface area contributed by atoms with E-state index in [2.05, 4.69) is 55.2 Å². The molecule has 0 fully saturated rings. The zero-order chi connectivity index (χ0) is 56.3. The molecule has 0 aliphatic rings. The molecule has 18 nitrogen and oxygen atoms in total. The van der Waals surface area contributed by atoms with E-state index < -0.39 is 41.6 Å². The number of nitrogens with one attached hydrogen (secondary N) is 4. The lowest BCUT2D eigenvalue weighted by Crippen LogP contribution is -2.36. The zero-order valence-corrected chi connectivity index (χ0v) is 42.9. The van der Waals surface area contributed by atoms with Gasteiger partial charge in [0.25, 0.3) is 23.6 Å². The number of nitrogen functional groups attached to an aromatic ring is 1. The standard InChI is InChI=1S/C62H48N10O8/c1-37(30-57(73)74)72(2)61(78)46-26-18-41(19-27-46)11-9-39-14-22-44(23-15-39)54-31-47(59(76)69-63)51-36-65-56(33-55(51)68-54)70-71-60(77)48-32-53(67-52-28-29-64-34-50(48)52)43-20-12-38(13-21-43)8-10-40-16-24-45(25-17-40)58(75)66-35-49(62(79)80)42-6-4-3-5-7-42/h3-7,12-29,31-34,36-37,49H,30,35,63H2,1-2H3,(H,65,70)(H,66,75)(H,69,76)(H,71,77)(H,73,74)(H,79,80). The number of anilines is 1. The molecule has 0 aliphatic carbocycles. The van der Waals surface area contributed by atoms with Crippen LogP contribution in [-0.2, 0) is 9.59 Å². The van der Waals surface area contributed by atoms with Crippen LogP contribution in [0.15, 0.2) is 170 Å². The molecular weight excluding hydrogens is 1010 g/mol. The topological polar surface area (TPSA) is 272 Å². The van der Waals surface area contributed by atoms with Gasteiger partial charge in [-0.15, -0.1) is 0 Å². The van der Waals surface area contributed by atoms with Crippen molar-refractivity contribution in [3.05, 3.63) is 220 Å². The fourth-order valence-electron chi connectivity index (χ4n) is 8.46. The number of hydrogen-bond donors (Lipinski definition) is 7. The van der Waals surface area contributed by atoms with E-state index in [9.17, 15) is 33.9 Å². The summed E-state index contributed by atoms with van der Waals surface area (Å²) in [6.07, 6.45) is 4.43. The van der Waals surface area contributed by atoms with E-state index in [-0.39, 0.29) is 35.8 Å². The number of pyridine rings is 4. The van der Waals surface area contributed by atoms with Crippen molar-refractivity contribution in [2.75, 3.05) is 19.0 Å². The summed E-state index contributed by atoms with van der Waals surface area (Å²) < 4.78 is 0. The van der Waals surface area contributed by atoms with Crippen LogP contribution in [0.3, 0.4) is 0 Å². The summed E-state index contributed by atoms with van der Waals surface area (Å²) in [5, 5.41) is 22.4. The number of carbonyl (C=O) groups excluding carboxylic acids is 4. The van der Waals surface area contributed by atoms with Crippen LogP contribution in [0.4, 0.5) is 5.82 Å². The lowest BCUT2D eigenvalue weighted by atomic mass is 9.99. The molecule has 394 valence electrons. The molecule has 0 saturated heterocycles. The molecule has 18 heteroatoms. The first kappa shape index (κ1) is 53.7. The molecule has 4 heterocycles. The van der Waals surface area contributed by atoms with Crippen LogP contribution in [-0.4, -0.2) is 90.3 Å². The van der Waals surface area contributed by atoms with Gasteiger partial charge in [0, 0.05) is 99.6 Å². The second kappa shape index (κ2) is 24.3. The number of nitrogens with zero attached hydrogens (tertiary/aromatic N) is 5. The lowest BCUT2D eigenvalue weighted by molar-refractivity contribution is -0.139. The normalized spacial score (nSPS) is 11.4. The number of hydrazine groups is 2. The number of hydrogen-bond acceptors (Lipinski definition) is 12. The van der Waals surface area contributed by atoms with Crippen molar-refractivity contribution >= 4 is 63.2 Å². The van der Waals surface area contributed by atoms with E-state index in [1.807, 2.05) is 48.5 Å². The van der Waals surface area contributed by atoms with Crippen molar-refractivity contribution in [2.45, 2.75) is 25.3 Å². The van der Waals surface area contributed by atoms with Crippen molar-refractivity contribution in [3.63, 3.8) is 0 Å². The van der Waals surface area contributed by atoms with Gasteiger partial charge in [-0.2, -0.15) is 0 Å². The number of aliphatic carboxylic acids is 2. The highest BCUT2D eigenvalue weighted by Gasteiger charge is 2.22. The second-order valence-corrected chi connectivity index (χ2v) is 18.3. The summed E-state index contributed by atoms with van der Waals surface area (Å²) in [5.74, 6) is 13.6. The summed E-state index contributed by atoms with van der Waals surface area (Å²) in [6, 6.07) is 42.9. The average Bonchev–Trinajstić information content (AvgIpc) is 3.48. The number of carboxylic acids is 2. The molecule has 9 rings (SSSR count). The molecule has 0 radical (unpaired) electrons. The molecule has 8 N–H and O–H groups in total. The Kier molecular flexibility index (Phi) is 16.3. The maximum Gasteiger partial charge on any atom is 0.312 e. The van der Waals surface area contributed by atoms with Crippen LogP contribution in [0.25, 0.3) is 44.3 Å². The van der Waals surface area contributed by atoms with Crippen LogP contribution in [0.1, 0.15) is 88.5 Å². The van der Waals surface area contributed by atoms with E-state index in [0.29, 0.717) is 77.7 Å². The van der Waals surface area contributed by atoms with E-state index in [0.717, 1.165) is 5.56 Å². The summed E-state index contributed by atoms with van der Waals surface area (Å²) >= 11 is 0. The number of rotatable bonds is 15. The number of carboxylic acid groups (broad SMARTS) is 2. The van der Waals surface area contributed by atoms with Gasteiger partial charge < -0.3 is 20.4 Å². The van der Waals surface area contributed by atoms with Gasteiger partial charge in [-0.1, -0.05) is 78.3 Å². The van der Waals surface area contributed by atoms with Gasteiger partial charge >= 0.3 is 11.9 Å². The minimum Gasteiger partial charge on any atom is -0.481 e. The number of aromatic nitrogens is 4. The third kappa shape index (κ3) is 12.8. The number of nitrogens with two attached hydrogens (primary N) is 1. The van der Waals surface area contributed by atoms with Crippen LogP contribution in [0.5, 0.6) is 0 Å². The third-order valence-electron chi connectivity index (χ3n) is 13.0. The van der Waals surface area contributed by atoms with Crippen molar-refractivity contribution in [2.24, 2.45) is 5.84 Å². The molecule has 4 amide bonds. The SMILES string of the molecule is CC(CC(=O)O)N(C)C(=O)c1ccc(C#Cc2ccc(-c3cc(C(=O)NN)c4cnc(NNC(=O)c5cc(-c6ccc(C#Cc7ccc(C(=O)NCC(C(=O)O)c8ccccc8)cc7)cc6)nc6ccncc56)cc4n3)cc2)cc1. The molecular formula is C62H48N10O8. The molecule has 2 atom stereocenters. The highest BCUT2D eigenvalue weighted by atomic mass is 16.4. The molecule has 0 spiro atoms. The summed E-state index contributed by atoms with van der Waals surface area (Å²) in [6.45, 7) is 1.61. The Hall–Kier alpha value is -11.1. The molecule has 5 aromatic carbocycles. The Morgan fingerprint density at radius 3 is 1.69 bits per heavy atom. The maximum absolute atomic E-state index is 14.0. The van der Waals surface area contributed by atoms with Crippen molar-refractivity contribution < 1.29 is 39.0 Å². The van der Waals surface area contributed by atoms with Gasteiger partial charge in [-0.3, -0.25) is 50.0 Å². The Morgan fingerprint density at radius 2 is 1.14 bits per heavy atom. The van der Waals surface area contributed by atoms with Gasteiger partial charge in [0.2, 0.25) is 0 Å². The van der Waals surface area contributed by atoms with Crippen molar-refractivity contribution in [1.82, 2.24) is 41.0 Å². The van der Waals surface area contributed by atoms with Gasteiger partial charge in [0.15, 0.2) is 0 Å². The monoisotopic (exact) mass is 1060 g/mol. The molecule has 0 bridgehead atoms. The first-order valence-corrected chi connectivity index (χ1v) is 24.8. The van der Waals surface area contributed by atoms with E-state index in [1.54, 1.807) is 129 Å². The van der Waals surface area contributed by atoms with Crippen LogP contribution >= 0.6 is 0 Å². The van der Waals surface area contributed by atoms with Gasteiger partial charge in [-0.25, -0.2) is 20.8 Å². The molecule has 0 saturated carbocycles. The number of benzene rings is 5. The fourth-order valence-corrected chi connectivity index (χ4v) is 8.46. The Morgan fingerprint density at radius 1 is 0.613 bits per heavy atom. The maximum atomic E-state index is 14.0. The molecule has 9 aromatic rings. The fraction of sp³-hybridized carbons (Fsp3) is 0.0968. The Balaban J connectivity index is 0.862. The van der Waals surface area contributed by atoms with E-state index >= 15 is 0 Å². The van der Waals surface area contributed by atoms with E-state index in [1.165, 1.54) is 11.1 Å². The number of carbonyl (C=O) groups is 6. The second-order valence-electron chi connectivity index (χ2n) is 18.3. The minimum atomic E-state index is -1.03. The summed E-state index contributed by atoms with van der Waals surface area (Å²) in [4.78, 5) is 95.5. The number of amides is 4. The smallest absolute Gasteiger partial charge is 0.312 e. The number of fused-ring (bicyclic) bond motifs is 2. The van der Waals surface area contributed by atoms with Crippen LogP contribution in [0, 0.1) is 23.7 Å². The summed E-state index contributed by atoms with van der Waals surface area (Å²) in [7, 11) is 1.57. The molecule has 2 unspecified atom stereocenters. The molecule has 80 heavy (non-hydrogen) atoms. The molecule has 4 aromatic heterocycles. The van der Waals surface area contributed by atoms with Crippen molar-refractivity contribution in [1.29, 1.82) is 0 Å². The van der Waals surface area contributed by atoms with Crippen molar-refractivity contribution in [3.8, 4) is 46.2 Å². The van der Waals surface area contributed by atoms with Gasteiger partial charge in [0.05, 0.1) is 45.9 Å².